The number of benzene rings is 4. The molecule has 4 N–H and O–H groups in total. The van der Waals surface area contributed by atoms with Crippen molar-refractivity contribution in [3.8, 4) is 11.5 Å². The van der Waals surface area contributed by atoms with Gasteiger partial charge in [-0.25, -0.2) is 18.4 Å². The number of amides is 1. The molecule has 0 bridgehead atoms. The number of nitrogens with one attached hydrogen (secondary N) is 3. The van der Waals surface area contributed by atoms with Crippen molar-refractivity contribution in [2.45, 2.75) is 19.2 Å². The fourth-order valence-electron chi connectivity index (χ4n) is 4.02. The van der Waals surface area contributed by atoms with E-state index < -0.39 is 10.0 Å². The van der Waals surface area contributed by atoms with E-state index in [0.29, 0.717) is 33.7 Å². The third-order valence-corrected chi connectivity index (χ3v) is 7.32. The van der Waals surface area contributed by atoms with Gasteiger partial charge in [-0.1, -0.05) is 43.8 Å². The van der Waals surface area contributed by atoms with Crippen molar-refractivity contribution in [2.75, 3.05) is 22.5 Å². The fourth-order valence-corrected chi connectivity index (χ4v) is 5.08. The van der Waals surface area contributed by atoms with Crippen LogP contribution in [0.1, 0.15) is 23.3 Å². The number of aromatic nitrogens is 2. The van der Waals surface area contributed by atoms with Crippen molar-refractivity contribution >= 4 is 50.0 Å². The Kier molecular flexibility index (Phi) is 8.39. The highest BCUT2D eigenvalue weighted by Gasteiger charge is 2.20. The first-order valence-electron chi connectivity index (χ1n) is 12.1. The molecule has 0 aliphatic rings. The SMILES string of the molecule is C.COc1cc(O)cc(Nc2nc3ccccc3nc2NS(=O)(=O)c2cccc(NC(=O)c3ccccc3C)c2)c1. The van der Waals surface area contributed by atoms with Crippen molar-refractivity contribution < 1.29 is 23.1 Å². The van der Waals surface area contributed by atoms with Crippen molar-refractivity contribution in [1.29, 1.82) is 0 Å². The number of aryl methyl sites for hydroxylation is 1. The van der Waals surface area contributed by atoms with Crippen molar-refractivity contribution in [3.05, 3.63) is 102 Å². The highest BCUT2D eigenvalue weighted by atomic mass is 32.2. The van der Waals surface area contributed by atoms with Gasteiger partial charge in [0, 0.05) is 35.1 Å². The van der Waals surface area contributed by atoms with Gasteiger partial charge in [-0.3, -0.25) is 9.52 Å². The summed E-state index contributed by atoms with van der Waals surface area (Å²) in [5, 5.41) is 15.8. The number of aromatic hydroxyl groups is 1. The predicted molar refractivity (Wildman–Crippen MR) is 161 cm³/mol. The van der Waals surface area contributed by atoms with E-state index in [-0.39, 0.29) is 35.6 Å². The van der Waals surface area contributed by atoms with Crippen LogP contribution in [-0.4, -0.2) is 36.5 Å². The lowest BCUT2D eigenvalue weighted by molar-refractivity contribution is 0.102. The summed E-state index contributed by atoms with van der Waals surface area (Å²) in [5.41, 5.74) is 3.00. The van der Waals surface area contributed by atoms with Crippen LogP contribution in [0, 0.1) is 6.92 Å². The van der Waals surface area contributed by atoms with E-state index >= 15 is 0 Å². The number of hydrogen-bond donors (Lipinski definition) is 4. The van der Waals surface area contributed by atoms with Crippen LogP contribution in [0.4, 0.5) is 23.0 Å². The summed E-state index contributed by atoms with van der Waals surface area (Å²) >= 11 is 0. The summed E-state index contributed by atoms with van der Waals surface area (Å²) in [6.07, 6.45) is 0. The second-order valence-electron chi connectivity index (χ2n) is 8.86. The Hall–Kier alpha value is -5.16. The Morgan fingerprint density at radius 3 is 2.22 bits per heavy atom. The van der Waals surface area contributed by atoms with E-state index in [1.165, 1.54) is 37.4 Å². The summed E-state index contributed by atoms with van der Waals surface area (Å²) in [6, 6.07) is 24.5. The molecule has 0 saturated carbocycles. The molecule has 5 aromatic rings. The number of rotatable bonds is 8. The normalized spacial score (nSPS) is 10.9. The number of sulfonamides is 1. The molecular formula is C30H29N5O5S. The van der Waals surface area contributed by atoms with E-state index in [9.17, 15) is 18.3 Å². The van der Waals surface area contributed by atoms with Gasteiger partial charge in [-0.2, -0.15) is 0 Å². The first-order valence-corrected chi connectivity index (χ1v) is 13.6. The molecule has 1 heterocycles. The lowest BCUT2D eigenvalue weighted by atomic mass is 10.1. The zero-order valence-electron chi connectivity index (χ0n) is 21.5. The monoisotopic (exact) mass is 571 g/mol. The molecule has 0 atom stereocenters. The predicted octanol–water partition coefficient (Wildman–Crippen LogP) is 6.09. The molecule has 0 spiro atoms. The van der Waals surface area contributed by atoms with Crippen molar-refractivity contribution in [2.24, 2.45) is 0 Å². The zero-order chi connectivity index (χ0) is 28.3. The van der Waals surface area contributed by atoms with Crippen molar-refractivity contribution in [3.63, 3.8) is 0 Å². The van der Waals surface area contributed by atoms with E-state index in [1.807, 2.05) is 19.1 Å². The number of nitrogens with zero attached hydrogens (tertiary/aromatic N) is 2. The Morgan fingerprint density at radius 1 is 0.829 bits per heavy atom. The van der Waals surface area contributed by atoms with Crippen LogP contribution in [0.15, 0.2) is 95.9 Å². The van der Waals surface area contributed by atoms with Gasteiger partial charge >= 0.3 is 0 Å². The molecule has 41 heavy (non-hydrogen) atoms. The van der Waals surface area contributed by atoms with Crippen LogP contribution >= 0.6 is 0 Å². The second kappa shape index (κ2) is 11.9. The van der Waals surface area contributed by atoms with Gasteiger partial charge in [0.15, 0.2) is 11.6 Å². The lowest BCUT2D eigenvalue weighted by Gasteiger charge is -2.15. The summed E-state index contributed by atoms with van der Waals surface area (Å²) in [6.45, 7) is 1.82. The topological polar surface area (TPSA) is 143 Å². The molecule has 0 radical (unpaired) electrons. The van der Waals surface area contributed by atoms with E-state index in [4.69, 9.17) is 4.74 Å². The molecule has 5 rings (SSSR count). The minimum absolute atomic E-state index is 0. The maximum atomic E-state index is 13.5. The first kappa shape index (κ1) is 28.8. The molecule has 1 aromatic heterocycles. The minimum atomic E-state index is -4.17. The first-order chi connectivity index (χ1) is 19.2. The van der Waals surface area contributed by atoms with Crippen LogP contribution in [0.3, 0.4) is 0 Å². The average Bonchev–Trinajstić information content (AvgIpc) is 2.93. The summed E-state index contributed by atoms with van der Waals surface area (Å²) < 4.78 is 34.7. The van der Waals surface area contributed by atoms with Gasteiger partial charge in [0.05, 0.1) is 23.0 Å². The second-order valence-corrected chi connectivity index (χ2v) is 10.5. The van der Waals surface area contributed by atoms with Crippen LogP contribution in [0.25, 0.3) is 11.0 Å². The van der Waals surface area contributed by atoms with Crippen LogP contribution in [0.2, 0.25) is 0 Å². The summed E-state index contributed by atoms with van der Waals surface area (Å²) in [5.74, 6) is 0.0357. The molecule has 11 heteroatoms. The van der Waals surface area contributed by atoms with Gasteiger partial charge in [-0.15, -0.1) is 0 Å². The number of carbonyl (C=O) groups is 1. The third kappa shape index (κ3) is 6.53. The minimum Gasteiger partial charge on any atom is -0.508 e. The zero-order valence-corrected chi connectivity index (χ0v) is 22.4. The summed E-state index contributed by atoms with van der Waals surface area (Å²) in [7, 11) is -2.70. The number of anilines is 4. The molecule has 0 fully saturated rings. The third-order valence-electron chi connectivity index (χ3n) is 5.98. The van der Waals surface area contributed by atoms with Crippen LogP contribution in [-0.2, 0) is 10.0 Å². The molecule has 210 valence electrons. The van der Waals surface area contributed by atoms with Crippen LogP contribution < -0.4 is 20.1 Å². The molecule has 0 unspecified atom stereocenters. The quantitative estimate of drug-likeness (QED) is 0.175. The Bertz CT molecular complexity index is 1840. The number of ether oxygens (including phenoxy) is 1. The summed E-state index contributed by atoms with van der Waals surface area (Å²) in [4.78, 5) is 21.7. The Labute approximate surface area is 238 Å². The molecule has 4 aromatic carbocycles. The van der Waals surface area contributed by atoms with Gasteiger partial charge in [0.1, 0.15) is 11.5 Å². The Balaban J connectivity index is 0.00000387. The van der Waals surface area contributed by atoms with Crippen molar-refractivity contribution in [1.82, 2.24) is 9.97 Å². The van der Waals surface area contributed by atoms with Crippen LogP contribution in [0.5, 0.6) is 11.5 Å². The largest absolute Gasteiger partial charge is 0.508 e. The van der Waals surface area contributed by atoms with Gasteiger partial charge in [0.2, 0.25) is 0 Å². The molecule has 0 aliphatic heterocycles. The molecule has 1 amide bonds. The number of phenols is 1. The smallest absolute Gasteiger partial charge is 0.263 e. The average molecular weight is 572 g/mol. The van der Waals surface area contributed by atoms with Gasteiger partial charge in [0.25, 0.3) is 15.9 Å². The van der Waals surface area contributed by atoms with Gasteiger partial charge < -0.3 is 20.5 Å². The molecule has 0 aliphatic carbocycles. The maximum absolute atomic E-state index is 13.5. The van der Waals surface area contributed by atoms with Gasteiger partial charge in [-0.05, 0) is 48.9 Å². The number of fused-ring (bicyclic) bond motifs is 1. The number of methoxy groups -OCH3 is 1. The highest BCUT2D eigenvalue weighted by molar-refractivity contribution is 7.92. The lowest BCUT2D eigenvalue weighted by Crippen LogP contribution is -2.17. The highest BCUT2D eigenvalue weighted by Crippen LogP contribution is 2.31. The number of carbonyl (C=O) groups excluding carboxylic acids is 1. The van der Waals surface area contributed by atoms with E-state index in [2.05, 4.69) is 25.3 Å². The maximum Gasteiger partial charge on any atom is 0.263 e. The fraction of sp³-hybridized carbons (Fsp3) is 0.100. The molecular weight excluding hydrogens is 542 g/mol. The number of hydrogen-bond acceptors (Lipinski definition) is 8. The van der Waals surface area contributed by atoms with E-state index in [0.717, 1.165) is 5.56 Å². The van der Waals surface area contributed by atoms with E-state index in [1.54, 1.807) is 48.5 Å². The Morgan fingerprint density at radius 2 is 1.51 bits per heavy atom. The standard InChI is InChI=1S/C29H25N5O5S.CH4/c1-18-8-3-4-11-24(18)29(36)31-19-9-7-10-23(16-19)40(37,38)34-28-27(32-25-12-5-6-13-26(25)33-28)30-20-14-21(35)17-22(15-20)39-2;/h3-17,35H,1-2H3,(H,30,32)(H,31,36)(H,33,34);1H4. The number of phenolic OH excluding ortho intramolecular Hbond substituents is 1. The number of para-hydroxylation sites is 2. The molecule has 0 saturated heterocycles. The molecule has 10 nitrogen and oxygen atoms in total.